The summed E-state index contributed by atoms with van der Waals surface area (Å²) in [5, 5.41) is 2.92. The van der Waals surface area contributed by atoms with Crippen molar-refractivity contribution in [2.24, 2.45) is 0 Å². The monoisotopic (exact) mass is 139 g/mol. The minimum absolute atomic E-state index is 0.486. The minimum atomic E-state index is 0.486. The van der Waals surface area contributed by atoms with E-state index in [1.54, 1.807) is 13.2 Å². The fourth-order valence-corrected chi connectivity index (χ4v) is 0.408. The van der Waals surface area contributed by atoms with E-state index in [4.69, 9.17) is 4.74 Å². The number of nitrogens with one attached hydrogen (secondary N) is 1. The first-order chi connectivity index (χ1) is 4.81. The highest BCUT2D eigenvalue weighted by Crippen LogP contribution is 1.85. The smallest absolute Gasteiger partial charge is 0.116 e. The van der Waals surface area contributed by atoms with Gasteiger partial charge in [0, 0.05) is 12.8 Å². The molecule has 0 aromatic rings. The Morgan fingerprint density at radius 2 is 2.40 bits per heavy atom. The van der Waals surface area contributed by atoms with Crippen LogP contribution in [0.1, 0.15) is 0 Å². The van der Waals surface area contributed by atoms with Crippen molar-refractivity contribution in [3.8, 4) is 0 Å². The summed E-state index contributed by atoms with van der Waals surface area (Å²) in [7, 11) is 1.62. The SMILES string of the molecule is C=C/C=C\C(=C)NCOC. The highest BCUT2D eigenvalue weighted by molar-refractivity contribution is 5.15. The Bertz CT molecular complexity index is 138. The number of hydrogen-bond donors (Lipinski definition) is 1. The van der Waals surface area contributed by atoms with Crippen molar-refractivity contribution < 1.29 is 4.74 Å². The van der Waals surface area contributed by atoms with Crippen LogP contribution in [0.4, 0.5) is 0 Å². The zero-order valence-electron chi connectivity index (χ0n) is 6.26. The van der Waals surface area contributed by atoms with Crippen LogP contribution in [0.3, 0.4) is 0 Å². The van der Waals surface area contributed by atoms with E-state index in [1.165, 1.54) is 0 Å². The molecule has 0 amide bonds. The first-order valence-corrected chi connectivity index (χ1v) is 3.02. The minimum Gasteiger partial charge on any atom is -0.365 e. The third-order valence-electron chi connectivity index (χ3n) is 0.877. The van der Waals surface area contributed by atoms with E-state index in [9.17, 15) is 0 Å². The molecule has 2 nitrogen and oxygen atoms in total. The highest BCUT2D eigenvalue weighted by Gasteiger charge is 1.81. The van der Waals surface area contributed by atoms with Crippen LogP contribution in [0.2, 0.25) is 0 Å². The summed E-state index contributed by atoms with van der Waals surface area (Å²) in [6.45, 7) is 7.72. The third kappa shape index (κ3) is 5.12. The molecule has 0 aromatic heterocycles. The quantitative estimate of drug-likeness (QED) is 0.459. The van der Waals surface area contributed by atoms with Crippen molar-refractivity contribution in [1.82, 2.24) is 5.32 Å². The molecule has 0 aromatic carbocycles. The number of ether oxygens (including phenoxy) is 1. The molecule has 2 heteroatoms. The summed E-state index contributed by atoms with van der Waals surface area (Å²) >= 11 is 0. The molecule has 1 N–H and O–H groups in total. The second-order valence-electron chi connectivity index (χ2n) is 1.73. The number of methoxy groups -OCH3 is 1. The molecule has 0 rings (SSSR count). The topological polar surface area (TPSA) is 21.3 Å². The molecule has 0 heterocycles. The van der Waals surface area contributed by atoms with Crippen LogP contribution in [0.25, 0.3) is 0 Å². The zero-order chi connectivity index (χ0) is 7.82. The molecule has 56 valence electrons. The molecule has 0 fully saturated rings. The van der Waals surface area contributed by atoms with Crippen molar-refractivity contribution >= 4 is 0 Å². The van der Waals surface area contributed by atoms with Crippen LogP contribution in [0.15, 0.2) is 37.1 Å². The average molecular weight is 139 g/mol. The molecule has 0 saturated heterocycles. The van der Waals surface area contributed by atoms with E-state index in [0.717, 1.165) is 5.70 Å². The molecule has 0 saturated carbocycles. The Morgan fingerprint density at radius 1 is 1.70 bits per heavy atom. The van der Waals surface area contributed by atoms with Gasteiger partial charge in [-0.25, -0.2) is 0 Å². The van der Waals surface area contributed by atoms with Crippen molar-refractivity contribution in [1.29, 1.82) is 0 Å². The Kier molecular flexibility index (Phi) is 5.48. The maximum atomic E-state index is 4.76. The third-order valence-corrected chi connectivity index (χ3v) is 0.877. The second-order valence-corrected chi connectivity index (χ2v) is 1.73. The van der Waals surface area contributed by atoms with Gasteiger partial charge in [-0.05, 0) is 6.08 Å². The lowest BCUT2D eigenvalue weighted by Gasteiger charge is -2.01. The van der Waals surface area contributed by atoms with E-state index in [2.05, 4.69) is 18.5 Å². The Hall–Kier alpha value is -1.02. The van der Waals surface area contributed by atoms with Gasteiger partial charge in [0.25, 0.3) is 0 Å². The van der Waals surface area contributed by atoms with Crippen LogP contribution in [-0.2, 0) is 4.74 Å². The lowest BCUT2D eigenvalue weighted by atomic mass is 10.4. The fraction of sp³-hybridized carbons (Fsp3) is 0.250. The standard InChI is InChI=1S/C8H13NO/c1-4-5-6-8(2)9-7-10-3/h4-6,9H,1-2,7H2,3H3/b6-5-. The number of rotatable bonds is 5. The van der Waals surface area contributed by atoms with E-state index in [1.807, 2.05) is 12.2 Å². The van der Waals surface area contributed by atoms with Gasteiger partial charge in [-0.2, -0.15) is 0 Å². The first-order valence-electron chi connectivity index (χ1n) is 3.02. The highest BCUT2D eigenvalue weighted by atomic mass is 16.5. The van der Waals surface area contributed by atoms with Gasteiger partial charge in [-0.3, -0.25) is 0 Å². The van der Waals surface area contributed by atoms with Gasteiger partial charge in [0.15, 0.2) is 0 Å². The number of hydrogen-bond acceptors (Lipinski definition) is 2. The van der Waals surface area contributed by atoms with E-state index < -0.39 is 0 Å². The van der Waals surface area contributed by atoms with Crippen LogP contribution >= 0.6 is 0 Å². The van der Waals surface area contributed by atoms with Crippen molar-refractivity contribution in [2.75, 3.05) is 13.8 Å². The average Bonchev–Trinajstić information content (AvgIpc) is 1.97. The predicted molar refractivity (Wildman–Crippen MR) is 43.5 cm³/mol. The zero-order valence-corrected chi connectivity index (χ0v) is 6.26. The van der Waals surface area contributed by atoms with Crippen LogP contribution in [0.5, 0.6) is 0 Å². The lowest BCUT2D eigenvalue weighted by Crippen LogP contribution is -2.13. The summed E-state index contributed by atoms with van der Waals surface area (Å²) in [4.78, 5) is 0. The van der Waals surface area contributed by atoms with Gasteiger partial charge in [0.2, 0.25) is 0 Å². The van der Waals surface area contributed by atoms with Crippen LogP contribution in [-0.4, -0.2) is 13.8 Å². The van der Waals surface area contributed by atoms with Crippen molar-refractivity contribution in [3.63, 3.8) is 0 Å². The van der Waals surface area contributed by atoms with Gasteiger partial charge >= 0.3 is 0 Å². The second kappa shape index (κ2) is 6.11. The Morgan fingerprint density at radius 3 is 2.90 bits per heavy atom. The van der Waals surface area contributed by atoms with Crippen LogP contribution < -0.4 is 5.32 Å². The molecule has 0 spiro atoms. The molecule has 10 heavy (non-hydrogen) atoms. The predicted octanol–water partition coefficient (Wildman–Crippen LogP) is 1.44. The summed E-state index contributed by atoms with van der Waals surface area (Å²) in [6, 6.07) is 0. The first kappa shape index (κ1) is 8.98. The van der Waals surface area contributed by atoms with Gasteiger partial charge in [0.05, 0.1) is 0 Å². The van der Waals surface area contributed by atoms with Gasteiger partial charge in [-0.1, -0.05) is 25.3 Å². The van der Waals surface area contributed by atoms with E-state index >= 15 is 0 Å². The molecule has 0 unspecified atom stereocenters. The Labute approximate surface area is 61.9 Å². The van der Waals surface area contributed by atoms with E-state index in [0.29, 0.717) is 6.73 Å². The van der Waals surface area contributed by atoms with Gasteiger partial charge in [0.1, 0.15) is 6.73 Å². The molecular formula is C8H13NO. The van der Waals surface area contributed by atoms with Crippen molar-refractivity contribution in [2.45, 2.75) is 0 Å². The molecular weight excluding hydrogens is 126 g/mol. The van der Waals surface area contributed by atoms with Crippen LogP contribution in [0, 0.1) is 0 Å². The Balaban J connectivity index is 3.43. The normalized spacial score (nSPS) is 9.70. The molecule has 0 atom stereocenters. The molecule has 0 aliphatic carbocycles. The fourth-order valence-electron chi connectivity index (χ4n) is 0.408. The lowest BCUT2D eigenvalue weighted by molar-refractivity contribution is 0.185. The maximum Gasteiger partial charge on any atom is 0.116 e. The molecule has 0 bridgehead atoms. The summed E-state index contributed by atoms with van der Waals surface area (Å²) in [5.74, 6) is 0. The molecule has 0 aliphatic rings. The van der Waals surface area contributed by atoms with Gasteiger partial charge in [-0.15, -0.1) is 0 Å². The van der Waals surface area contributed by atoms with Crippen molar-refractivity contribution in [3.05, 3.63) is 37.1 Å². The number of allylic oxidation sites excluding steroid dienone is 3. The summed E-state index contributed by atoms with van der Waals surface area (Å²) in [6.07, 6.45) is 5.33. The summed E-state index contributed by atoms with van der Waals surface area (Å²) in [5.41, 5.74) is 0.821. The maximum absolute atomic E-state index is 4.76. The largest absolute Gasteiger partial charge is 0.365 e. The molecule has 0 aliphatic heterocycles. The molecule has 0 radical (unpaired) electrons. The van der Waals surface area contributed by atoms with E-state index in [-0.39, 0.29) is 0 Å². The van der Waals surface area contributed by atoms with Gasteiger partial charge < -0.3 is 10.1 Å². The summed E-state index contributed by atoms with van der Waals surface area (Å²) < 4.78 is 4.76.